The first-order chi connectivity index (χ1) is 15.4. The van der Waals surface area contributed by atoms with Gasteiger partial charge in [-0.25, -0.2) is 18.4 Å². The Hall–Kier alpha value is -3.08. The molecule has 1 aliphatic heterocycles. The van der Waals surface area contributed by atoms with Crippen LogP contribution in [0.1, 0.15) is 0 Å². The molecule has 1 saturated heterocycles. The van der Waals surface area contributed by atoms with Gasteiger partial charge in [-0.3, -0.25) is 4.98 Å². The van der Waals surface area contributed by atoms with Gasteiger partial charge in [0.05, 0.1) is 24.1 Å². The van der Waals surface area contributed by atoms with E-state index in [2.05, 4.69) is 32.7 Å². The predicted octanol–water partition coefficient (Wildman–Crippen LogP) is 2.22. The maximum absolute atomic E-state index is 11.9. The maximum atomic E-state index is 11.9. The molecule has 1 fully saturated rings. The molecule has 0 N–H and O–H groups in total. The number of aryl methyl sites for hydroxylation is 1. The first-order valence-corrected chi connectivity index (χ1v) is 12.1. The first-order valence-electron chi connectivity index (χ1n) is 10.3. The smallest absolute Gasteiger partial charge is 0.242 e. The van der Waals surface area contributed by atoms with Crippen molar-refractivity contribution in [3.8, 4) is 17.1 Å². The molecule has 1 aliphatic rings. The van der Waals surface area contributed by atoms with Gasteiger partial charge >= 0.3 is 0 Å². The van der Waals surface area contributed by atoms with Crippen LogP contribution in [0.4, 0.5) is 0 Å². The van der Waals surface area contributed by atoms with E-state index in [1.54, 1.807) is 12.4 Å². The summed E-state index contributed by atoms with van der Waals surface area (Å²) in [5, 5.41) is 1.15. The molecule has 4 heterocycles. The highest BCUT2D eigenvalue weighted by Crippen LogP contribution is 2.29. The van der Waals surface area contributed by atoms with Crippen molar-refractivity contribution in [1.29, 1.82) is 0 Å². The zero-order valence-electron chi connectivity index (χ0n) is 17.8. The highest BCUT2D eigenvalue weighted by molar-refractivity contribution is 7.88. The zero-order chi connectivity index (χ0) is 22.3. The van der Waals surface area contributed by atoms with E-state index >= 15 is 0 Å². The standard InChI is InChI=1S/C22H23N5O4S/c1-26-8-5-15-3-4-16(11-20(15)26)18-12-19-21(24-7-6-23-19)22(25-18)31-14-17-13-27(9-10-30-17)32(2,28)29/h3-8,11-12,17H,9-10,13-14H2,1-2H3. The van der Waals surface area contributed by atoms with Crippen LogP contribution in [0.5, 0.6) is 5.88 Å². The number of sulfonamides is 1. The van der Waals surface area contributed by atoms with E-state index in [4.69, 9.17) is 14.5 Å². The number of aromatic nitrogens is 4. The normalized spacial score (nSPS) is 17.8. The summed E-state index contributed by atoms with van der Waals surface area (Å²) in [5.74, 6) is 0.345. The predicted molar refractivity (Wildman–Crippen MR) is 121 cm³/mol. The van der Waals surface area contributed by atoms with Crippen molar-refractivity contribution >= 4 is 32.0 Å². The zero-order valence-corrected chi connectivity index (χ0v) is 18.6. The molecule has 32 heavy (non-hydrogen) atoms. The molecule has 0 spiro atoms. The van der Waals surface area contributed by atoms with Gasteiger partial charge in [0.2, 0.25) is 15.9 Å². The fraction of sp³-hybridized carbons (Fsp3) is 0.318. The number of nitrogens with zero attached hydrogens (tertiary/aromatic N) is 5. The average molecular weight is 454 g/mol. The van der Waals surface area contributed by atoms with Gasteiger partial charge in [0.1, 0.15) is 12.7 Å². The minimum absolute atomic E-state index is 0.158. The van der Waals surface area contributed by atoms with E-state index in [0.717, 1.165) is 22.2 Å². The molecule has 1 unspecified atom stereocenters. The molecule has 4 aromatic rings. The second-order valence-corrected chi connectivity index (χ2v) is 9.84. The second kappa shape index (κ2) is 8.12. The first kappa shape index (κ1) is 20.8. The van der Waals surface area contributed by atoms with Crippen molar-refractivity contribution in [2.24, 2.45) is 7.05 Å². The molecule has 3 aromatic heterocycles. The van der Waals surface area contributed by atoms with Gasteiger partial charge in [-0.1, -0.05) is 12.1 Å². The van der Waals surface area contributed by atoms with E-state index < -0.39 is 16.1 Å². The molecule has 0 aliphatic carbocycles. The monoisotopic (exact) mass is 453 g/mol. The molecule has 0 bridgehead atoms. The third kappa shape index (κ3) is 4.04. The van der Waals surface area contributed by atoms with Gasteiger partial charge in [-0.2, -0.15) is 4.31 Å². The van der Waals surface area contributed by atoms with Crippen molar-refractivity contribution in [2.75, 3.05) is 32.6 Å². The lowest BCUT2D eigenvalue weighted by Gasteiger charge is -2.30. The molecule has 1 aromatic carbocycles. The maximum Gasteiger partial charge on any atom is 0.242 e. The summed E-state index contributed by atoms with van der Waals surface area (Å²) in [5.41, 5.74) is 3.98. The van der Waals surface area contributed by atoms with E-state index in [1.165, 1.54) is 10.6 Å². The number of hydrogen-bond donors (Lipinski definition) is 0. The van der Waals surface area contributed by atoms with E-state index in [-0.39, 0.29) is 13.2 Å². The van der Waals surface area contributed by atoms with Crippen molar-refractivity contribution < 1.29 is 17.9 Å². The van der Waals surface area contributed by atoms with Gasteiger partial charge in [-0.15, -0.1) is 0 Å². The molecule has 5 rings (SSSR count). The molecule has 166 valence electrons. The molecule has 0 saturated carbocycles. The number of ether oxygens (including phenoxy) is 2. The summed E-state index contributed by atoms with van der Waals surface area (Å²) >= 11 is 0. The Morgan fingerprint density at radius 3 is 2.88 bits per heavy atom. The van der Waals surface area contributed by atoms with Crippen LogP contribution < -0.4 is 4.74 Å². The number of benzene rings is 1. The largest absolute Gasteiger partial charge is 0.473 e. The van der Waals surface area contributed by atoms with Gasteiger partial charge < -0.3 is 14.0 Å². The van der Waals surface area contributed by atoms with Crippen molar-refractivity contribution in [1.82, 2.24) is 23.8 Å². The number of morpholine rings is 1. The third-order valence-corrected chi connectivity index (χ3v) is 6.85. The van der Waals surface area contributed by atoms with Crippen LogP contribution in [-0.4, -0.2) is 70.9 Å². The van der Waals surface area contributed by atoms with Crippen LogP contribution in [-0.2, 0) is 21.8 Å². The van der Waals surface area contributed by atoms with E-state index in [9.17, 15) is 8.42 Å². The fourth-order valence-electron chi connectivity index (χ4n) is 3.88. The Labute approximate surface area is 185 Å². The van der Waals surface area contributed by atoms with Crippen LogP contribution in [0, 0.1) is 0 Å². The minimum atomic E-state index is -3.28. The Bertz CT molecular complexity index is 1400. The van der Waals surface area contributed by atoms with Crippen molar-refractivity contribution in [3.63, 3.8) is 0 Å². The lowest BCUT2D eigenvalue weighted by atomic mass is 10.1. The molecule has 9 nitrogen and oxygen atoms in total. The molecular formula is C22H23N5O4S. The van der Waals surface area contributed by atoms with Crippen LogP contribution >= 0.6 is 0 Å². The Morgan fingerprint density at radius 2 is 2.03 bits per heavy atom. The van der Waals surface area contributed by atoms with Crippen LogP contribution in [0.25, 0.3) is 33.2 Å². The van der Waals surface area contributed by atoms with Crippen molar-refractivity contribution in [3.05, 3.63) is 48.9 Å². The SMILES string of the molecule is Cn1ccc2ccc(-c3cc4nccnc4c(OCC4CN(S(C)(=O)=O)CCO4)n3)cc21. The summed E-state index contributed by atoms with van der Waals surface area (Å²) in [7, 11) is -1.27. The molecule has 0 amide bonds. The highest BCUT2D eigenvalue weighted by Gasteiger charge is 2.27. The van der Waals surface area contributed by atoms with Gasteiger partial charge in [-0.05, 0) is 23.6 Å². The lowest BCUT2D eigenvalue weighted by molar-refractivity contribution is -0.0252. The molecular weight excluding hydrogens is 430 g/mol. The van der Waals surface area contributed by atoms with E-state index in [1.807, 2.05) is 25.4 Å². The second-order valence-electron chi connectivity index (χ2n) is 7.86. The Balaban J connectivity index is 1.46. The average Bonchev–Trinajstić information content (AvgIpc) is 3.17. The topological polar surface area (TPSA) is 99.4 Å². The van der Waals surface area contributed by atoms with Crippen LogP contribution in [0.3, 0.4) is 0 Å². The minimum Gasteiger partial charge on any atom is -0.473 e. The van der Waals surface area contributed by atoms with Gasteiger partial charge in [0.15, 0.2) is 5.52 Å². The van der Waals surface area contributed by atoms with Gasteiger partial charge in [0, 0.05) is 49.8 Å². The lowest BCUT2D eigenvalue weighted by Crippen LogP contribution is -2.47. The Morgan fingerprint density at radius 1 is 1.19 bits per heavy atom. The highest BCUT2D eigenvalue weighted by atomic mass is 32.2. The van der Waals surface area contributed by atoms with Crippen LogP contribution in [0.15, 0.2) is 48.9 Å². The number of pyridine rings is 1. The number of hydrogen-bond acceptors (Lipinski definition) is 7. The third-order valence-electron chi connectivity index (χ3n) is 5.58. The van der Waals surface area contributed by atoms with E-state index in [0.29, 0.717) is 30.1 Å². The molecule has 0 radical (unpaired) electrons. The van der Waals surface area contributed by atoms with Crippen LogP contribution in [0.2, 0.25) is 0 Å². The summed E-state index contributed by atoms with van der Waals surface area (Å²) in [6.45, 7) is 1.07. The fourth-order valence-corrected chi connectivity index (χ4v) is 4.72. The van der Waals surface area contributed by atoms with Gasteiger partial charge in [0.25, 0.3) is 0 Å². The number of rotatable bonds is 5. The summed E-state index contributed by atoms with van der Waals surface area (Å²) < 4.78 is 38.9. The molecule has 1 atom stereocenters. The summed E-state index contributed by atoms with van der Waals surface area (Å²) in [4.78, 5) is 13.5. The van der Waals surface area contributed by atoms with Crippen molar-refractivity contribution in [2.45, 2.75) is 6.10 Å². The summed E-state index contributed by atoms with van der Waals surface area (Å²) in [6, 6.07) is 10.1. The number of fused-ring (bicyclic) bond motifs is 2. The Kier molecular flexibility index (Phi) is 5.28. The summed E-state index contributed by atoms with van der Waals surface area (Å²) in [6.07, 6.45) is 6.05. The quantitative estimate of drug-likeness (QED) is 0.457. The molecule has 10 heteroatoms.